The van der Waals surface area contributed by atoms with Crippen LogP contribution in [-0.4, -0.2) is 75.1 Å². The van der Waals surface area contributed by atoms with Gasteiger partial charge in [-0.1, -0.05) is 18.2 Å². The molecule has 10 N–H and O–H groups in total. The van der Waals surface area contributed by atoms with Gasteiger partial charge in [0.15, 0.2) is 0 Å². The molecule has 0 aliphatic rings. The number of para-hydroxylation sites is 1. The Balaban J connectivity index is 2.12. The van der Waals surface area contributed by atoms with Gasteiger partial charge in [0.05, 0.1) is 6.10 Å². The highest BCUT2D eigenvalue weighted by molar-refractivity contribution is 5.94. The number of benzene rings is 1. The highest BCUT2D eigenvalue weighted by Crippen LogP contribution is 2.19. The van der Waals surface area contributed by atoms with Crippen LogP contribution in [0.25, 0.3) is 10.9 Å². The lowest BCUT2D eigenvalue weighted by molar-refractivity contribution is -0.142. The average molecular weight is 505 g/mol. The molecule has 1 aromatic heterocycles. The van der Waals surface area contributed by atoms with Crippen LogP contribution in [0.2, 0.25) is 0 Å². The molecule has 0 spiro atoms. The maximum absolute atomic E-state index is 13.0. The predicted octanol–water partition coefficient (Wildman–Crippen LogP) is -1.76. The molecule has 1 aromatic carbocycles. The maximum atomic E-state index is 13.0. The molecule has 0 saturated heterocycles. The van der Waals surface area contributed by atoms with Crippen molar-refractivity contribution in [3.05, 3.63) is 36.0 Å². The molecule has 0 saturated carbocycles. The van der Waals surface area contributed by atoms with Crippen molar-refractivity contribution >= 4 is 40.5 Å². The Morgan fingerprint density at radius 1 is 0.972 bits per heavy atom. The van der Waals surface area contributed by atoms with Crippen molar-refractivity contribution in [1.29, 1.82) is 0 Å². The number of H-pyrrole nitrogens is 1. The van der Waals surface area contributed by atoms with Gasteiger partial charge in [-0.2, -0.15) is 0 Å². The van der Waals surface area contributed by atoms with Crippen LogP contribution in [0.3, 0.4) is 0 Å². The quantitative estimate of drug-likeness (QED) is 0.155. The number of aromatic amines is 1. The lowest BCUT2D eigenvalue weighted by Crippen LogP contribution is -2.57. The molecule has 13 heteroatoms. The first kappa shape index (κ1) is 28.3. The normalized spacial score (nSPS) is 15.2. The van der Waals surface area contributed by atoms with Gasteiger partial charge in [-0.15, -0.1) is 0 Å². The molecule has 5 unspecified atom stereocenters. The molecule has 36 heavy (non-hydrogen) atoms. The minimum Gasteiger partial charge on any atom is -0.480 e. The number of aliphatic carboxylic acids is 1. The summed E-state index contributed by atoms with van der Waals surface area (Å²) in [7, 11) is 0. The van der Waals surface area contributed by atoms with Crippen molar-refractivity contribution in [1.82, 2.24) is 20.9 Å². The molecule has 0 aliphatic heterocycles. The van der Waals surface area contributed by atoms with E-state index in [0.717, 1.165) is 10.9 Å². The van der Waals surface area contributed by atoms with E-state index in [-0.39, 0.29) is 19.3 Å². The van der Waals surface area contributed by atoms with E-state index in [1.165, 1.54) is 13.8 Å². The Labute approximate surface area is 207 Å². The smallest absolute Gasteiger partial charge is 0.326 e. The number of hydrogen-bond donors (Lipinski definition) is 8. The standard InChI is InChI=1S/C23H32N6O7/c1-11(27-22(34)19(25)12(2)30)20(32)28-16(7-8-18(24)31)21(33)29-17(23(35)36)9-13-10-26-15-6-4-3-5-14(13)15/h3-6,10-12,16-17,19,26,30H,7-9,25H2,1-2H3,(H2,24,31)(H,27,34)(H,28,32)(H,29,33)(H,35,36). The zero-order valence-electron chi connectivity index (χ0n) is 20.0. The number of carboxylic acids is 1. The van der Waals surface area contributed by atoms with Crippen LogP contribution >= 0.6 is 0 Å². The van der Waals surface area contributed by atoms with E-state index in [0.29, 0.717) is 5.56 Å². The summed E-state index contributed by atoms with van der Waals surface area (Å²) in [5.74, 6) is -4.41. The largest absolute Gasteiger partial charge is 0.480 e. The molecular formula is C23H32N6O7. The highest BCUT2D eigenvalue weighted by atomic mass is 16.4. The number of carboxylic acid groups (broad SMARTS) is 1. The van der Waals surface area contributed by atoms with Crippen molar-refractivity contribution in [2.24, 2.45) is 11.5 Å². The monoisotopic (exact) mass is 504 g/mol. The van der Waals surface area contributed by atoms with Crippen molar-refractivity contribution in [3.63, 3.8) is 0 Å². The van der Waals surface area contributed by atoms with Gasteiger partial charge in [-0.25, -0.2) is 4.79 Å². The minimum atomic E-state index is -1.33. The fourth-order valence-corrected chi connectivity index (χ4v) is 3.44. The van der Waals surface area contributed by atoms with Gasteiger partial charge in [-0.3, -0.25) is 19.2 Å². The van der Waals surface area contributed by atoms with E-state index < -0.39 is 59.9 Å². The number of rotatable bonds is 13. The van der Waals surface area contributed by atoms with Crippen LogP contribution in [0.15, 0.2) is 30.5 Å². The topological polar surface area (TPSA) is 230 Å². The summed E-state index contributed by atoms with van der Waals surface area (Å²) < 4.78 is 0. The van der Waals surface area contributed by atoms with Crippen LogP contribution in [0.1, 0.15) is 32.3 Å². The summed E-state index contributed by atoms with van der Waals surface area (Å²) in [6, 6.07) is 2.23. The van der Waals surface area contributed by atoms with Gasteiger partial charge in [0, 0.05) is 29.9 Å². The summed E-state index contributed by atoms with van der Waals surface area (Å²) >= 11 is 0. The lowest BCUT2D eigenvalue weighted by atomic mass is 10.0. The van der Waals surface area contributed by atoms with Crippen molar-refractivity contribution in [3.8, 4) is 0 Å². The van der Waals surface area contributed by atoms with Gasteiger partial charge in [0.25, 0.3) is 0 Å². The van der Waals surface area contributed by atoms with Crippen LogP contribution in [0.5, 0.6) is 0 Å². The molecule has 2 aromatic rings. The number of aliphatic hydroxyl groups excluding tert-OH is 1. The van der Waals surface area contributed by atoms with E-state index >= 15 is 0 Å². The molecular weight excluding hydrogens is 472 g/mol. The highest BCUT2D eigenvalue weighted by Gasteiger charge is 2.30. The summed E-state index contributed by atoms with van der Waals surface area (Å²) in [5, 5.41) is 27.0. The van der Waals surface area contributed by atoms with Crippen molar-refractivity contribution < 1.29 is 34.2 Å². The molecule has 0 aliphatic carbocycles. The Morgan fingerprint density at radius 3 is 2.22 bits per heavy atom. The zero-order chi connectivity index (χ0) is 27.0. The third kappa shape index (κ3) is 7.78. The van der Waals surface area contributed by atoms with Gasteiger partial charge in [0.1, 0.15) is 24.2 Å². The number of carbonyl (C=O) groups excluding carboxylic acids is 4. The van der Waals surface area contributed by atoms with E-state index in [1.54, 1.807) is 12.3 Å². The summed E-state index contributed by atoms with van der Waals surface area (Å²) in [5.41, 5.74) is 12.2. The molecule has 2 rings (SSSR count). The number of fused-ring (bicyclic) bond motifs is 1. The molecule has 0 fully saturated rings. The lowest BCUT2D eigenvalue weighted by Gasteiger charge is -2.24. The van der Waals surface area contributed by atoms with Gasteiger partial charge in [-0.05, 0) is 31.9 Å². The van der Waals surface area contributed by atoms with Crippen LogP contribution in [0, 0.1) is 0 Å². The second-order valence-electron chi connectivity index (χ2n) is 8.53. The Kier molecular flexibility index (Phi) is 9.93. The van der Waals surface area contributed by atoms with E-state index in [4.69, 9.17) is 11.5 Å². The number of amides is 4. The molecule has 196 valence electrons. The summed E-state index contributed by atoms with van der Waals surface area (Å²) in [4.78, 5) is 63.8. The zero-order valence-corrected chi connectivity index (χ0v) is 20.0. The maximum Gasteiger partial charge on any atom is 0.326 e. The second-order valence-corrected chi connectivity index (χ2v) is 8.53. The number of aromatic nitrogens is 1. The van der Waals surface area contributed by atoms with Crippen LogP contribution in [-0.2, 0) is 30.4 Å². The van der Waals surface area contributed by atoms with Gasteiger partial charge in [0.2, 0.25) is 23.6 Å². The van der Waals surface area contributed by atoms with Crippen LogP contribution < -0.4 is 27.4 Å². The van der Waals surface area contributed by atoms with Crippen LogP contribution in [0.4, 0.5) is 0 Å². The fraction of sp³-hybridized carbons (Fsp3) is 0.435. The van der Waals surface area contributed by atoms with E-state index in [9.17, 15) is 34.2 Å². The average Bonchev–Trinajstić information content (AvgIpc) is 3.22. The number of nitrogens with two attached hydrogens (primary N) is 2. The molecule has 1 heterocycles. The first-order valence-corrected chi connectivity index (χ1v) is 11.3. The third-order valence-corrected chi connectivity index (χ3v) is 5.60. The second kappa shape index (κ2) is 12.7. The number of hydrogen-bond acceptors (Lipinski definition) is 7. The van der Waals surface area contributed by atoms with E-state index in [2.05, 4.69) is 20.9 Å². The first-order valence-electron chi connectivity index (χ1n) is 11.3. The number of carbonyl (C=O) groups is 5. The number of aliphatic hydroxyl groups is 1. The number of primary amides is 1. The Morgan fingerprint density at radius 2 is 1.61 bits per heavy atom. The molecule has 0 radical (unpaired) electrons. The van der Waals surface area contributed by atoms with Gasteiger partial charge < -0.3 is 42.6 Å². The van der Waals surface area contributed by atoms with Crippen molar-refractivity contribution in [2.75, 3.05) is 0 Å². The summed E-state index contributed by atoms with van der Waals surface area (Å²) in [6.07, 6.45) is 0.0125. The SMILES string of the molecule is CC(NC(=O)C(N)C(C)O)C(=O)NC(CCC(N)=O)C(=O)NC(Cc1c[nH]c2ccccc12)C(=O)O. The minimum absolute atomic E-state index is 0.0364. The third-order valence-electron chi connectivity index (χ3n) is 5.60. The molecule has 13 nitrogen and oxygen atoms in total. The summed E-state index contributed by atoms with van der Waals surface area (Å²) in [6.45, 7) is 2.65. The molecule has 5 atom stereocenters. The Hall–Kier alpha value is -3.97. The van der Waals surface area contributed by atoms with Crippen molar-refractivity contribution in [2.45, 2.75) is 63.4 Å². The van der Waals surface area contributed by atoms with E-state index in [1.807, 2.05) is 18.2 Å². The molecule has 4 amide bonds. The predicted molar refractivity (Wildman–Crippen MR) is 129 cm³/mol. The Bertz CT molecular complexity index is 1120. The number of nitrogens with one attached hydrogen (secondary N) is 4. The fourth-order valence-electron chi connectivity index (χ4n) is 3.44. The van der Waals surface area contributed by atoms with Gasteiger partial charge >= 0.3 is 5.97 Å². The first-order chi connectivity index (χ1) is 16.9. The molecule has 0 bridgehead atoms.